The topological polar surface area (TPSA) is 25.8 Å². The van der Waals surface area contributed by atoms with Crippen LogP contribution in [0.5, 0.6) is 0 Å². The highest BCUT2D eigenvalue weighted by Crippen LogP contribution is 2.32. The van der Waals surface area contributed by atoms with Gasteiger partial charge < -0.3 is 0 Å². The van der Waals surface area contributed by atoms with Crippen molar-refractivity contribution in [3.05, 3.63) is 47.1 Å². The molecule has 0 aliphatic heterocycles. The zero-order valence-electron chi connectivity index (χ0n) is 8.37. The maximum Gasteiger partial charge on any atom is 0.281 e. The van der Waals surface area contributed by atoms with Crippen molar-refractivity contribution in [2.45, 2.75) is 6.43 Å². The molecule has 0 bridgehead atoms. The first-order chi connectivity index (χ1) is 8.09. The molecule has 2 nitrogen and oxygen atoms in total. The molecule has 0 fully saturated rings. The van der Waals surface area contributed by atoms with Crippen LogP contribution < -0.4 is 0 Å². The number of aromatic nitrogens is 2. The Bertz CT molecular complexity index is 529. The summed E-state index contributed by atoms with van der Waals surface area (Å²) in [5.41, 5.74) is 0.0960. The maximum atomic E-state index is 12.7. The molecule has 1 heterocycles. The van der Waals surface area contributed by atoms with Crippen LogP contribution in [0.3, 0.4) is 0 Å². The Kier molecular flexibility index (Phi) is 3.28. The van der Waals surface area contributed by atoms with Gasteiger partial charge in [-0.15, -0.1) is 0 Å². The molecule has 0 atom stereocenters. The van der Waals surface area contributed by atoms with Gasteiger partial charge in [0.25, 0.3) is 6.43 Å². The molecule has 0 amide bonds. The number of halogens is 4. The summed E-state index contributed by atoms with van der Waals surface area (Å²) in [6.45, 7) is 0. The highest BCUT2D eigenvalue weighted by molar-refractivity contribution is 6.33. The van der Waals surface area contributed by atoms with E-state index in [2.05, 4.69) is 9.97 Å². The van der Waals surface area contributed by atoms with Crippen molar-refractivity contribution in [3.8, 4) is 11.3 Å². The summed E-state index contributed by atoms with van der Waals surface area (Å²) in [4.78, 5) is 7.24. The van der Waals surface area contributed by atoms with Crippen molar-refractivity contribution in [1.29, 1.82) is 0 Å². The number of hydrogen-bond donors (Lipinski definition) is 0. The fraction of sp³-hybridized carbons (Fsp3) is 0.0909. The number of alkyl halides is 2. The van der Waals surface area contributed by atoms with E-state index in [-0.39, 0.29) is 10.7 Å². The van der Waals surface area contributed by atoms with Crippen molar-refractivity contribution in [3.63, 3.8) is 0 Å². The van der Waals surface area contributed by atoms with E-state index in [1.54, 1.807) is 0 Å². The highest BCUT2D eigenvalue weighted by Gasteiger charge is 2.18. The van der Waals surface area contributed by atoms with Gasteiger partial charge >= 0.3 is 0 Å². The monoisotopic (exact) mass is 258 g/mol. The molecular formula is C11H6ClF3N2. The van der Waals surface area contributed by atoms with E-state index >= 15 is 0 Å². The molecule has 0 spiro atoms. The van der Waals surface area contributed by atoms with Crippen LogP contribution >= 0.6 is 11.6 Å². The summed E-state index contributed by atoms with van der Waals surface area (Å²) in [6, 6.07) is 5.24. The Hall–Kier alpha value is -1.62. The molecule has 88 valence electrons. The van der Waals surface area contributed by atoms with Gasteiger partial charge in [0.05, 0.1) is 10.7 Å². The van der Waals surface area contributed by atoms with Gasteiger partial charge in [0, 0.05) is 5.56 Å². The molecule has 0 unspecified atom stereocenters. The van der Waals surface area contributed by atoms with Crippen molar-refractivity contribution in [2.24, 2.45) is 0 Å². The van der Waals surface area contributed by atoms with E-state index in [1.807, 2.05) is 0 Å². The van der Waals surface area contributed by atoms with E-state index in [0.29, 0.717) is 5.56 Å². The van der Waals surface area contributed by atoms with Gasteiger partial charge in [-0.2, -0.15) is 0 Å². The van der Waals surface area contributed by atoms with Crippen molar-refractivity contribution < 1.29 is 13.2 Å². The van der Waals surface area contributed by atoms with Gasteiger partial charge in [0.2, 0.25) is 0 Å². The summed E-state index contributed by atoms with van der Waals surface area (Å²) in [5.74, 6) is -0.423. The minimum atomic E-state index is -2.77. The van der Waals surface area contributed by atoms with E-state index in [1.165, 1.54) is 24.3 Å². The Morgan fingerprint density at radius 1 is 1.06 bits per heavy atom. The molecule has 0 saturated carbocycles. The highest BCUT2D eigenvalue weighted by atomic mass is 35.5. The fourth-order valence-electron chi connectivity index (χ4n) is 1.34. The molecule has 1 aromatic heterocycles. The Balaban J connectivity index is 2.52. The smallest absolute Gasteiger partial charge is 0.235 e. The number of benzene rings is 1. The molecule has 0 saturated heterocycles. The van der Waals surface area contributed by atoms with Gasteiger partial charge in [-0.25, -0.2) is 23.1 Å². The average molecular weight is 259 g/mol. The Morgan fingerprint density at radius 3 is 2.29 bits per heavy atom. The van der Waals surface area contributed by atoms with Gasteiger partial charge in [0.1, 0.15) is 17.8 Å². The summed E-state index contributed by atoms with van der Waals surface area (Å²) in [5, 5.41) is -0.214. The third-order valence-corrected chi connectivity index (χ3v) is 2.51. The van der Waals surface area contributed by atoms with Crippen LogP contribution in [0.15, 0.2) is 30.6 Å². The zero-order valence-corrected chi connectivity index (χ0v) is 9.13. The number of hydrogen-bond acceptors (Lipinski definition) is 2. The van der Waals surface area contributed by atoms with E-state index < -0.39 is 17.9 Å². The van der Waals surface area contributed by atoms with E-state index in [4.69, 9.17) is 11.6 Å². The van der Waals surface area contributed by atoms with E-state index in [0.717, 1.165) is 6.33 Å². The summed E-state index contributed by atoms with van der Waals surface area (Å²) >= 11 is 5.78. The lowest BCUT2D eigenvalue weighted by Gasteiger charge is -2.06. The normalized spacial score (nSPS) is 10.9. The lowest BCUT2D eigenvalue weighted by molar-refractivity contribution is 0.146. The van der Waals surface area contributed by atoms with Crippen molar-refractivity contribution in [1.82, 2.24) is 9.97 Å². The standard InChI is InChI=1S/C11H6ClF3N2/c12-8-9(6-1-3-7(13)4-2-6)16-5-17-10(8)11(14)15/h1-5,11H. The predicted molar refractivity (Wildman–Crippen MR) is 57.4 cm³/mol. The third-order valence-electron chi connectivity index (χ3n) is 2.14. The van der Waals surface area contributed by atoms with Gasteiger partial charge in [-0.05, 0) is 24.3 Å². The fourth-order valence-corrected chi connectivity index (χ4v) is 1.63. The summed E-state index contributed by atoms with van der Waals surface area (Å²) < 4.78 is 37.8. The van der Waals surface area contributed by atoms with Crippen molar-refractivity contribution in [2.75, 3.05) is 0 Å². The van der Waals surface area contributed by atoms with Crippen LogP contribution in [0, 0.1) is 5.82 Å². The molecule has 0 radical (unpaired) electrons. The molecule has 2 rings (SSSR count). The summed E-state index contributed by atoms with van der Waals surface area (Å²) in [6.07, 6.45) is -1.77. The minimum absolute atomic E-state index is 0.164. The molecule has 1 aromatic carbocycles. The van der Waals surface area contributed by atoms with Crippen LogP contribution in [-0.4, -0.2) is 9.97 Å². The van der Waals surface area contributed by atoms with Gasteiger partial charge in [0.15, 0.2) is 0 Å². The van der Waals surface area contributed by atoms with Crippen LogP contribution in [-0.2, 0) is 0 Å². The lowest BCUT2D eigenvalue weighted by Crippen LogP contribution is -1.96. The molecule has 0 aliphatic rings. The molecule has 17 heavy (non-hydrogen) atoms. The second-order valence-electron chi connectivity index (χ2n) is 3.23. The number of nitrogens with zero attached hydrogens (tertiary/aromatic N) is 2. The van der Waals surface area contributed by atoms with Crippen LogP contribution in [0.25, 0.3) is 11.3 Å². The van der Waals surface area contributed by atoms with Crippen LogP contribution in [0.1, 0.15) is 12.1 Å². The first-order valence-electron chi connectivity index (χ1n) is 4.64. The lowest BCUT2D eigenvalue weighted by atomic mass is 10.1. The van der Waals surface area contributed by atoms with Gasteiger partial charge in [-0.3, -0.25) is 0 Å². The second-order valence-corrected chi connectivity index (χ2v) is 3.61. The molecular weight excluding hydrogens is 253 g/mol. The van der Waals surface area contributed by atoms with Crippen molar-refractivity contribution >= 4 is 11.6 Å². The minimum Gasteiger partial charge on any atom is -0.235 e. The predicted octanol–water partition coefficient (Wildman–Crippen LogP) is 3.87. The quantitative estimate of drug-likeness (QED) is 0.817. The van der Waals surface area contributed by atoms with Crippen LogP contribution in [0.4, 0.5) is 13.2 Å². The first-order valence-corrected chi connectivity index (χ1v) is 5.02. The largest absolute Gasteiger partial charge is 0.281 e. The molecule has 2 aromatic rings. The number of rotatable bonds is 2. The molecule has 0 aliphatic carbocycles. The second kappa shape index (κ2) is 4.71. The Labute approximate surface area is 100 Å². The first kappa shape index (κ1) is 11.9. The molecule has 6 heteroatoms. The Morgan fingerprint density at radius 2 is 1.71 bits per heavy atom. The molecule has 0 N–H and O–H groups in total. The third kappa shape index (κ3) is 2.39. The average Bonchev–Trinajstić information content (AvgIpc) is 2.30. The van der Waals surface area contributed by atoms with Crippen LogP contribution in [0.2, 0.25) is 5.02 Å². The summed E-state index contributed by atoms with van der Waals surface area (Å²) in [7, 11) is 0. The SMILES string of the molecule is Fc1ccc(-c2ncnc(C(F)F)c2Cl)cc1. The van der Waals surface area contributed by atoms with Gasteiger partial charge in [-0.1, -0.05) is 11.6 Å². The zero-order chi connectivity index (χ0) is 12.4. The van der Waals surface area contributed by atoms with E-state index in [9.17, 15) is 13.2 Å². The maximum absolute atomic E-state index is 12.7.